The largest absolute Gasteiger partial charge is 0.545 e. The Morgan fingerprint density at radius 2 is 2.25 bits per heavy atom. The molecule has 16 heavy (non-hydrogen) atoms. The summed E-state index contributed by atoms with van der Waals surface area (Å²) in [5, 5.41) is 10.6. The minimum absolute atomic E-state index is 0.139. The molecule has 0 saturated carbocycles. The zero-order valence-corrected chi connectivity index (χ0v) is 9.03. The zero-order valence-electron chi connectivity index (χ0n) is 9.03. The fourth-order valence-electron chi connectivity index (χ4n) is 1.17. The van der Waals surface area contributed by atoms with E-state index in [-0.39, 0.29) is 11.3 Å². The molecule has 0 saturated heterocycles. The van der Waals surface area contributed by atoms with Crippen molar-refractivity contribution in [2.45, 2.75) is 20.1 Å². The predicted molar refractivity (Wildman–Crippen MR) is 52.4 cm³/mol. The number of carbonyl (C=O) groups is 1. The summed E-state index contributed by atoms with van der Waals surface area (Å²) in [4.78, 5) is 10.6. The molecule has 0 aromatic heterocycles. The maximum absolute atomic E-state index is 13.2. The first kappa shape index (κ1) is 12.4. The summed E-state index contributed by atoms with van der Waals surface area (Å²) in [6.45, 7) is 3.78. The highest BCUT2D eigenvalue weighted by Gasteiger charge is 2.09. The Balaban J connectivity index is 2.85. The van der Waals surface area contributed by atoms with Crippen LogP contribution in [0.2, 0.25) is 0 Å². The van der Waals surface area contributed by atoms with E-state index in [1.807, 2.05) is 0 Å². The minimum atomic E-state index is -1.38. The molecule has 0 aliphatic rings. The molecule has 1 rings (SSSR count). The van der Waals surface area contributed by atoms with Crippen LogP contribution in [0.25, 0.3) is 0 Å². The van der Waals surface area contributed by atoms with Crippen LogP contribution in [0.1, 0.15) is 24.2 Å². The van der Waals surface area contributed by atoms with Crippen molar-refractivity contribution in [2.24, 2.45) is 0 Å². The van der Waals surface area contributed by atoms with Crippen molar-refractivity contribution in [2.75, 3.05) is 6.61 Å². The van der Waals surface area contributed by atoms with Crippen molar-refractivity contribution in [3.63, 3.8) is 0 Å². The standard InChI is InChI=1S/C11H13FO4/c1-3-15-7(2)16-10-6-8(11(13)14)4-5-9(10)12/h4-7H,3H2,1-2H3,(H,13,14)/p-1. The maximum atomic E-state index is 13.2. The minimum Gasteiger partial charge on any atom is -0.545 e. The lowest BCUT2D eigenvalue weighted by Gasteiger charge is -2.15. The van der Waals surface area contributed by atoms with E-state index in [9.17, 15) is 14.3 Å². The molecule has 5 heteroatoms. The first-order valence-electron chi connectivity index (χ1n) is 4.83. The van der Waals surface area contributed by atoms with Gasteiger partial charge in [0, 0.05) is 12.2 Å². The van der Waals surface area contributed by atoms with Gasteiger partial charge in [0.1, 0.15) is 0 Å². The second-order valence-electron chi connectivity index (χ2n) is 3.07. The van der Waals surface area contributed by atoms with Crippen LogP contribution < -0.4 is 9.84 Å². The van der Waals surface area contributed by atoms with Gasteiger partial charge in [-0.2, -0.15) is 0 Å². The van der Waals surface area contributed by atoms with Crippen molar-refractivity contribution in [3.05, 3.63) is 29.6 Å². The van der Waals surface area contributed by atoms with E-state index in [1.54, 1.807) is 13.8 Å². The van der Waals surface area contributed by atoms with Gasteiger partial charge in [-0.25, -0.2) is 4.39 Å². The average Bonchev–Trinajstić information content (AvgIpc) is 2.21. The smallest absolute Gasteiger partial charge is 0.197 e. The molecule has 4 nitrogen and oxygen atoms in total. The van der Waals surface area contributed by atoms with Crippen molar-refractivity contribution in [1.82, 2.24) is 0 Å². The van der Waals surface area contributed by atoms with Gasteiger partial charge in [-0.3, -0.25) is 0 Å². The van der Waals surface area contributed by atoms with E-state index in [2.05, 4.69) is 0 Å². The number of aromatic carboxylic acids is 1. The normalized spacial score (nSPS) is 12.2. The average molecular weight is 227 g/mol. The summed E-state index contributed by atoms with van der Waals surface area (Å²) in [5.41, 5.74) is -0.139. The van der Waals surface area contributed by atoms with Crippen molar-refractivity contribution in [3.8, 4) is 5.75 Å². The lowest BCUT2D eigenvalue weighted by Crippen LogP contribution is -2.23. The Labute approximate surface area is 92.6 Å². The van der Waals surface area contributed by atoms with Gasteiger partial charge >= 0.3 is 0 Å². The van der Waals surface area contributed by atoms with E-state index < -0.39 is 18.1 Å². The Morgan fingerprint density at radius 3 is 2.81 bits per heavy atom. The molecular weight excluding hydrogens is 215 g/mol. The predicted octanol–water partition coefficient (Wildman–Crippen LogP) is 0.950. The second-order valence-corrected chi connectivity index (χ2v) is 3.07. The molecule has 0 spiro atoms. The molecule has 1 unspecified atom stereocenters. The highest BCUT2D eigenvalue weighted by Crippen LogP contribution is 2.20. The Morgan fingerprint density at radius 1 is 1.56 bits per heavy atom. The van der Waals surface area contributed by atoms with Gasteiger partial charge in [0.15, 0.2) is 17.9 Å². The van der Waals surface area contributed by atoms with Crippen LogP contribution in [0.5, 0.6) is 5.75 Å². The molecule has 1 atom stereocenters. The quantitative estimate of drug-likeness (QED) is 0.703. The summed E-state index contributed by atoms with van der Waals surface area (Å²) >= 11 is 0. The lowest BCUT2D eigenvalue weighted by atomic mass is 10.2. The fourth-order valence-corrected chi connectivity index (χ4v) is 1.17. The van der Waals surface area contributed by atoms with E-state index in [0.29, 0.717) is 6.61 Å². The van der Waals surface area contributed by atoms with Gasteiger partial charge < -0.3 is 19.4 Å². The van der Waals surface area contributed by atoms with Crippen LogP contribution in [0.15, 0.2) is 18.2 Å². The fraction of sp³-hybridized carbons (Fsp3) is 0.364. The molecule has 88 valence electrons. The van der Waals surface area contributed by atoms with Crippen LogP contribution >= 0.6 is 0 Å². The summed E-state index contributed by atoms with van der Waals surface area (Å²) in [6.07, 6.45) is -0.642. The number of hydrogen-bond donors (Lipinski definition) is 0. The Kier molecular flexibility index (Phi) is 4.25. The molecule has 1 aromatic carbocycles. The summed E-state index contributed by atoms with van der Waals surface area (Å²) < 4.78 is 23.4. The van der Waals surface area contributed by atoms with Crippen molar-refractivity contribution >= 4 is 5.97 Å². The molecule has 0 bridgehead atoms. The van der Waals surface area contributed by atoms with Crippen molar-refractivity contribution in [1.29, 1.82) is 0 Å². The van der Waals surface area contributed by atoms with E-state index in [4.69, 9.17) is 9.47 Å². The third-order valence-electron chi connectivity index (χ3n) is 1.86. The Bertz CT molecular complexity index is 378. The summed E-state index contributed by atoms with van der Waals surface area (Å²) in [5.74, 6) is -2.19. The van der Waals surface area contributed by atoms with Gasteiger partial charge in [0.25, 0.3) is 0 Å². The highest BCUT2D eigenvalue weighted by molar-refractivity contribution is 5.86. The molecule has 0 N–H and O–H groups in total. The van der Waals surface area contributed by atoms with Gasteiger partial charge in [-0.05, 0) is 32.0 Å². The molecular formula is C11H12FO4-. The van der Waals surface area contributed by atoms with Crippen molar-refractivity contribution < 1.29 is 23.8 Å². The van der Waals surface area contributed by atoms with Crippen LogP contribution in [-0.2, 0) is 4.74 Å². The van der Waals surface area contributed by atoms with Gasteiger partial charge in [-0.1, -0.05) is 0 Å². The van der Waals surface area contributed by atoms with Gasteiger partial charge in [-0.15, -0.1) is 0 Å². The number of carbonyl (C=O) groups excluding carboxylic acids is 1. The van der Waals surface area contributed by atoms with Crippen LogP contribution in [0.3, 0.4) is 0 Å². The molecule has 0 aliphatic carbocycles. The number of rotatable bonds is 5. The third-order valence-corrected chi connectivity index (χ3v) is 1.86. The molecule has 0 fully saturated rings. The summed E-state index contributed by atoms with van der Waals surface area (Å²) in [6, 6.07) is 3.20. The molecule has 0 amide bonds. The lowest BCUT2D eigenvalue weighted by molar-refractivity contribution is -0.255. The number of ether oxygens (including phenoxy) is 2. The topological polar surface area (TPSA) is 58.6 Å². The highest BCUT2D eigenvalue weighted by atomic mass is 19.1. The number of carboxylic acids is 1. The molecule has 0 radical (unpaired) electrons. The van der Waals surface area contributed by atoms with Crippen LogP contribution in [-0.4, -0.2) is 18.9 Å². The van der Waals surface area contributed by atoms with Crippen LogP contribution in [0, 0.1) is 5.82 Å². The SMILES string of the molecule is CCOC(C)Oc1cc(C(=O)[O-])ccc1F. The first-order valence-corrected chi connectivity index (χ1v) is 4.83. The monoisotopic (exact) mass is 227 g/mol. The van der Waals surface area contributed by atoms with Crippen LogP contribution in [0.4, 0.5) is 4.39 Å². The Hall–Kier alpha value is -1.62. The van der Waals surface area contributed by atoms with E-state index in [0.717, 1.165) is 18.2 Å². The molecule has 0 aliphatic heterocycles. The van der Waals surface area contributed by atoms with Gasteiger partial charge in [0.05, 0.1) is 5.97 Å². The number of benzene rings is 1. The molecule has 1 aromatic rings. The zero-order chi connectivity index (χ0) is 12.1. The molecule has 0 heterocycles. The summed E-state index contributed by atoms with van der Waals surface area (Å²) in [7, 11) is 0. The maximum Gasteiger partial charge on any atom is 0.197 e. The van der Waals surface area contributed by atoms with E-state index in [1.165, 1.54) is 0 Å². The number of halogens is 1. The van der Waals surface area contributed by atoms with E-state index >= 15 is 0 Å². The number of carboxylic acid groups (broad SMARTS) is 1. The first-order chi connectivity index (χ1) is 7.54. The second kappa shape index (κ2) is 5.46. The number of hydrogen-bond acceptors (Lipinski definition) is 4. The van der Waals surface area contributed by atoms with Gasteiger partial charge in [0.2, 0.25) is 0 Å². The third kappa shape index (κ3) is 3.20.